The van der Waals surface area contributed by atoms with Crippen molar-refractivity contribution in [3.05, 3.63) is 55.8 Å². The van der Waals surface area contributed by atoms with E-state index < -0.39 is 26.3 Å². The summed E-state index contributed by atoms with van der Waals surface area (Å²) in [4.78, 5) is 31.8. The first-order chi connectivity index (χ1) is 15.4. The van der Waals surface area contributed by atoms with Gasteiger partial charge in [0.25, 0.3) is 5.56 Å². The lowest BCUT2D eigenvalue weighted by Gasteiger charge is -2.13. The molecule has 0 saturated carbocycles. The lowest BCUT2D eigenvalue weighted by Crippen LogP contribution is -2.38. The van der Waals surface area contributed by atoms with Crippen molar-refractivity contribution in [3.8, 4) is 0 Å². The smallest absolute Gasteiger partial charge is 0.331 e. The van der Waals surface area contributed by atoms with Crippen molar-refractivity contribution in [2.75, 3.05) is 0 Å². The van der Waals surface area contributed by atoms with Gasteiger partial charge in [0.15, 0.2) is 9.84 Å². The van der Waals surface area contributed by atoms with Crippen LogP contribution in [-0.2, 0) is 36.9 Å². The zero-order chi connectivity index (χ0) is 24.2. The van der Waals surface area contributed by atoms with Crippen molar-refractivity contribution in [1.82, 2.24) is 18.7 Å². The van der Waals surface area contributed by atoms with E-state index in [1.54, 1.807) is 13.8 Å². The Morgan fingerprint density at radius 3 is 2.30 bits per heavy atom. The van der Waals surface area contributed by atoms with Crippen LogP contribution in [0.15, 0.2) is 38.8 Å². The molecule has 0 aliphatic rings. The molecule has 1 aromatic carbocycles. The molecular formula is C23H28N4O4S2. The average molecular weight is 489 g/mol. The van der Waals surface area contributed by atoms with Gasteiger partial charge in [0.1, 0.15) is 10.7 Å². The molecule has 0 N–H and O–H groups in total. The van der Waals surface area contributed by atoms with Crippen molar-refractivity contribution in [3.63, 3.8) is 0 Å². The third-order valence-corrected chi connectivity index (χ3v) is 9.45. The quantitative estimate of drug-likeness (QED) is 0.416. The summed E-state index contributed by atoms with van der Waals surface area (Å²) in [5.41, 5.74) is 0.735. The Hall–Kier alpha value is -2.72. The Morgan fingerprint density at radius 2 is 1.70 bits per heavy atom. The maximum atomic E-state index is 13.5. The lowest BCUT2D eigenvalue weighted by molar-refractivity contribution is 0.504. The molecule has 176 valence electrons. The molecule has 0 fully saturated rings. The van der Waals surface area contributed by atoms with Crippen LogP contribution in [0.3, 0.4) is 0 Å². The minimum absolute atomic E-state index is 0.0302. The van der Waals surface area contributed by atoms with Crippen molar-refractivity contribution >= 4 is 42.4 Å². The fraction of sp³-hybridized carbons (Fsp3) is 0.435. The van der Waals surface area contributed by atoms with Gasteiger partial charge in [-0.25, -0.2) is 18.2 Å². The summed E-state index contributed by atoms with van der Waals surface area (Å²) in [5, 5.41) is -0.616. The van der Waals surface area contributed by atoms with E-state index in [0.717, 1.165) is 15.6 Å². The molecule has 0 atom stereocenters. The van der Waals surface area contributed by atoms with Crippen LogP contribution in [0.5, 0.6) is 0 Å². The monoisotopic (exact) mass is 488 g/mol. The van der Waals surface area contributed by atoms with Gasteiger partial charge in [-0.2, -0.15) is 0 Å². The highest BCUT2D eigenvalue weighted by Gasteiger charge is 2.32. The van der Waals surface area contributed by atoms with Gasteiger partial charge in [0.05, 0.1) is 26.6 Å². The van der Waals surface area contributed by atoms with E-state index in [4.69, 9.17) is 4.98 Å². The normalized spacial score (nSPS) is 12.6. The minimum atomic E-state index is -3.81. The van der Waals surface area contributed by atoms with E-state index >= 15 is 0 Å². The Morgan fingerprint density at radius 1 is 1.03 bits per heavy atom. The molecule has 0 radical (unpaired) electrons. The first-order valence-corrected chi connectivity index (χ1v) is 13.2. The number of fused-ring (bicyclic) bond motifs is 2. The van der Waals surface area contributed by atoms with E-state index in [1.807, 2.05) is 49.7 Å². The molecule has 0 saturated heterocycles. The van der Waals surface area contributed by atoms with E-state index in [2.05, 4.69) is 0 Å². The number of benzene rings is 1. The molecule has 0 amide bonds. The summed E-state index contributed by atoms with van der Waals surface area (Å²) in [5.74, 6) is 0.830. The topological polar surface area (TPSA) is 96.0 Å². The van der Waals surface area contributed by atoms with E-state index in [1.165, 1.54) is 23.0 Å². The van der Waals surface area contributed by atoms with Crippen molar-refractivity contribution in [2.45, 2.75) is 50.8 Å². The van der Waals surface area contributed by atoms with Gasteiger partial charge in [-0.05, 0) is 31.9 Å². The van der Waals surface area contributed by atoms with Crippen LogP contribution >= 0.6 is 11.3 Å². The lowest BCUT2D eigenvalue weighted by atomic mass is 10.2. The predicted molar refractivity (Wildman–Crippen MR) is 132 cm³/mol. The SMILES string of the molecule is CC(C)Cn1c(=O)n(C)c(=O)c2c(S(=O)(=O)C(C)C)c(Cc3nc4ccccc4n3C)sc21. The largest absolute Gasteiger partial charge is 0.331 e. The second-order valence-electron chi connectivity index (χ2n) is 9.03. The maximum absolute atomic E-state index is 13.5. The van der Waals surface area contributed by atoms with Crippen molar-refractivity contribution in [2.24, 2.45) is 20.0 Å². The van der Waals surface area contributed by atoms with Crippen LogP contribution in [0.1, 0.15) is 38.4 Å². The summed E-state index contributed by atoms with van der Waals surface area (Å²) in [6.07, 6.45) is 0.241. The molecule has 0 aliphatic heterocycles. The molecule has 0 bridgehead atoms. The van der Waals surface area contributed by atoms with Crippen LogP contribution in [-0.4, -0.2) is 32.4 Å². The summed E-state index contributed by atoms with van der Waals surface area (Å²) in [7, 11) is -0.517. The van der Waals surface area contributed by atoms with Gasteiger partial charge in [-0.3, -0.25) is 13.9 Å². The third kappa shape index (κ3) is 3.74. The average Bonchev–Trinajstić information content (AvgIpc) is 3.28. The molecule has 3 heterocycles. The van der Waals surface area contributed by atoms with Crippen LogP contribution in [0.2, 0.25) is 0 Å². The summed E-state index contributed by atoms with van der Waals surface area (Å²) < 4.78 is 31.5. The number of aryl methyl sites for hydroxylation is 1. The van der Waals surface area contributed by atoms with Gasteiger partial charge >= 0.3 is 5.69 Å². The number of rotatable bonds is 6. The molecule has 3 aromatic heterocycles. The molecule has 0 aliphatic carbocycles. The second-order valence-corrected chi connectivity index (χ2v) is 12.6. The summed E-state index contributed by atoms with van der Waals surface area (Å²) >= 11 is 1.20. The zero-order valence-electron chi connectivity index (χ0n) is 19.6. The second kappa shape index (κ2) is 8.25. The third-order valence-electron chi connectivity index (χ3n) is 5.85. The number of hydrogen-bond donors (Lipinski definition) is 0. The Labute approximate surface area is 196 Å². The molecule has 8 nitrogen and oxygen atoms in total. The Balaban J connectivity index is 2.09. The molecule has 0 unspecified atom stereocenters. The highest BCUT2D eigenvalue weighted by molar-refractivity contribution is 7.92. The van der Waals surface area contributed by atoms with Gasteiger partial charge in [0, 0.05) is 31.9 Å². The zero-order valence-corrected chi connectivity index (χ0v) is 21.2. The number of para-hydroxylation sites is 2. The Bertz CT molecular complexity index is 1600. The van der Waals surface area contributed by atoms with Crippen molar-refractivity contribution < 1.29 is 8.42 Å². The first-order valence-electron chi connectivity index (χ1n) is 10.8. The summed E-state index contributed by atoms with van der Waals surface area (Å²) in [6.45, 7) is 7.54. The molecule has 33 heavy (non-hydrogen) atoms. The van der Waals surface area contributed by atoms with Gasteiger partial charge in [0.2, 0.25) is 0 Å². The number of imidazole rings is 1. The number of aromatic nitrogens is 4. The van der Waals surface area contributed by atoms with Crippen LogP contribution < -0.4 is 11.2 Å². The van der Waals surface area contributed by atoms with Gasteiger partial charge < -0.3 is 4.57 Å². The van der Waals surface area contributed by atoms with E-state index in [9.17, 15) is 18.0 Å². The molecule has 4 rings (SSSR count). The highest BCUT2D eigenvalue weighted by Crippen LogP contribution is 2.36. The Kier molecular flexibility index (Phi) is 5.86. The molecule has 0 spiro atoms. The standard InChI is InChI=1S/C23H28N4O4S2/c1-13(2)12-27-22-19(21(28)26(6)23(27)29)20(33(30,31)14(3)4)17(32-22)11-18-24-15-9-7-8-10-16(15)25(18)5/h7-10,13-14H,11-12H2,1-6H3. The number of sulfone groups is 1. The van der Waals surface area contributed by atoms with Gasteiger partial charge in [-0.15, -0.1) is 11.3 Å². The van der Waals surface area contributed by atoms with Crippen LogP contribution in [0.4, 0.5) is 0 Å². The highest BCUT2D eigenvalue weighted by atomic mass is 32.2. The molecular weight excluding hydrogens is 460 g/mol. The number of nitrogens with zero attached hydrogens (tertiary/aromatic N) is 4. The maximum Gasteiger partial charge on any atom is 0.331 e. The number of hydrogen-bond acceptors (Lipinski definition) is 6. The molecule has 10 heteroatoms. The van der Waals surface area contributed by atoms with Crippen LogP contribution in [0, 0.1) is 5.92 Å². The van der Waals surface area contributed by atoms with E-state index in [-0.39, 0.29) is 22.6 Å². The fourth-order valence-electron chi connectivity index (χ4n) is 4.03. The minimum Gasteiger partial charge on any atom is -0.331 e. The fourth-order valence-corrected chi connectivity index (χ4v) is 7.08. The number of thiophene rings is 1. The molecule has 4 aromatic rings. The predicted octanol–water partition coefficient (Wildman–Crippen LogP) is 3.08. The first kappa shape index (κ1) is 23.4. The summed E-state index contributed by atoms with van der Waals surface area (Å²) in [6, 6.07) is 7.70. The van der Waals surface area contributed by atoms with Crippen LogP contribution in [0.25, 0.3) is 21.3 Å². The van der Waals surface area contributed by atoms with Gasteiger partial charge in [-0.1, -0.05) is 26.0 Å². The van der Waals surface area contributed by atoms with Crippen molar-refractivity contribution in [1.29, 1.82) is 0 Å². The van der Waals surface area contributed by atoms with E-state index in [0.29, 0.717) is 22.1 Å².